The number of likely N-dealkylation sites (N-methyl/N-ethyl adjacent to an activating group) is 1. The Balaban J connectivity index is 1.49. The van der Waals surface area contributed by atoms with Crippen LogP contribution >= 0.6 is 0 Å². The van der Waals surface area contributed by atoms with Crippen LogP contribution in [-0.4, -0.2) is 81.0 Å². The average molecular weight is 447 g/mol. The number of hydroxylamine groups is 2. The van der Waals surface area contributed by atoms with Gasteiger partial charge in [0.25, 0.3) is 0 Å². The zero-order valence-corrected chi connectivity index (χ0v) is 20.3. The van der Waals surface area contributed by atoms with Crippen molar-refractivity contribution in [2.45, 2.75) is 51.7 Å². The summed E-state index contributed by atoms with van der Waals surface area (Å²) < 4.78 is 5.19. The minimum absolute atomic E-state index is 0.0856. The molecule has 2 saturated heterocycles. The molecule has 32 heavy (non-hydrogen) atoms. The van der Waals surface area contributed by atoms with Gasteiger partial charge in [-0.1, -0.05) is 0 Å². The molecule has 1 atom stereocenters. The number of carbonyl (C=O) groups is 2. The molecule has 0 radical (unpaired) electrons. The highest BCUT2D eigenvalue weighted by molar-refractivity contribution is 5.94. The van der Waals surface area contributed by atoms with Crippen LogP contribution in [0.1, 0.15) is 40.0 Å². The molecule has 0 saturated carbocycles. The molecule has 2 fully saturated rings. The fraction of sp³-hybridized carbons (Fsp3) is 0.667. The highest BCUT2D eigenvalue weighted by atomic mass is 16.8. The molecule has 1 amide bonds. The summed E-state index contributed by atoms with van der Waals surface area (Å²) in [6.07, 6.45) is 1.76. The van der Waals surface area contributed by atoms with Crippen LogP contribution in [-0.2, 0) is 14.4 Å². The number of anilines is 2. The highest BCUT2D eigenvalue weighted by Gasteiger charge is 2.30. The predicted molar refractivity (Wildman–Crippen MR) is 126 cm³/mol. The monoisotopic (exact) mass is 446 g/mol. The molecule has 1 aromatic rings. The van der Waals surface area contributed by atoms with Gasteiger partial charge in [-0.25, -0.2) is 4.79 Å². The van der Waals surface area contributed by atoms with Crippen molar-refractivity contribution in [3.05, 3.63) is 24.3 Å². The third-order valence-corrected chi connectivity index (χ3v) is 6.22. The number of hydrogen-bond acceptors (Lipinski definition) is 7. The molecule has 3 rings (SSSR count). The number of ether oxygens (including phenoxy) is 1. The van der Waals surface area contributed by atoms with E-state index in [-0.39, 0.29) is 11.8 Å². The fourth-order valence-corrected chi connectivity index (χ4v) is 4.25. The normalized spacial score (nSPS) is 20.5. The summed E-state index contributed by atoms with van der Waals surface area (Å²) in [6.45, 7) is 8.52. The van der Waals surface area contributed by atoms with Crippen molar-refractivity contribution >= 4 is 23.4 Å². The summed E-state index contributed by atoms with van der Waals surface area (Å²) in [6, 6.07) is 8.85. The first-order valence-electron chi connectivity index (χ1n) is 11.5. The minimum atomic E-state index is -0.700. The molecule has 0 spiro atoms. The maximum absolute atomic E-state index is 13.0. The summed E-state index contributed by atoms with van der Waals surface area (Å²) in [5.41, 5.74) is 1.51. The largest absolute Gasteiger partial charge is 0.528 e. The van der Waals surface area contributed by atoms with Crippen molar-refractivity contribution in [3.8, 4) is 0 Å². The smallest absolute Gasteiger partial charge is 0.427 e. The lowest BCUT2D eigenvalue weighted by molar-refractivity contribution is -0.158. The van der Waals surface area contributed by atoms with Gasteiger partial charge in [-0.2, -0.15) is 0 Å². The van der Waals surface area contributed by atoms with E-state index in [4.69, 9.17) is 9.57 Å². The van der Waals surface area contributed by atoms with Gasteiger partial charge in [0, 0.05) is 56.6 Å². The van der Waals surface area contributed by atoms with Crippen molar-refractivity contribution in [2.24, 2.45) is 5.92 Å². The van der Waals surface area contributed by atoms with Crippen molar-refractivity contribution < 1.29 is 19.2 Å². The van der Waals surface area contributed by atoms with Crippen LogP contribution in [0.15, 0.2) is 24.3 Å². The van der Waals surface area contributed by atoms with E-state index in [0.29, 0.717) is 32.0 Å². The second-order valence-corrected chi connectivity index (χ2v) is 10.0. The summed E-state index contributed by atoms with van der Waals surface area (Å²) in [5, 5.41) is 1.59. The maximum Gasteiger partial charge on any atom is 0.528 e. The van der Waals surface area contributed by atoms with E-state index in [1.54, 1.807) is 30.7 Å². The van der Waals surface area contributed by atoms with E-state index in [9.17, 15) is 9.59 Å². The van der Waals surface area contributed by atoms with Crippen LogP contribution in [0.5, 0.6) is 0 Å². The summed E-state index contributed by atoms with van der Waals surface area (Å²) >= 11 is 0. The number of hydrogen-bond donors (Lipinski definition) is 0. The van der Waals surface area contributed by atoms with Gasteiger partial charge in [0.2, 0.25) is 5.91 Å². The second-order valence-electron chi connectivity index (χ2n) is 10.0. The van der Waals surface area contributed by atoms with Gasteiger partial charge in [0.05, 0.1) is 0 Å². The van der Waals surface area contributed by atoms with Crippen molar-refractivity contribution in [1.82, 2.24) is 9.96 Å². The Kier molecular flexibility index (Phi) is 7.67. The molecule has 8 heteroatoms. The molecule has 0 bridgehead atoms. The van der Waals surface area contributed by atoms with E-state index in [1.807, 2.05) is 19.2 Å². The highest BCUT2D eigenvalue weighted by Crippen LogP contribution is 2.27. The number of carbonyl (C=O) groups excluding carboxylic acids is 2. The standard InChI is InChI=1S/C24H38N4O4/c1-24(2,3)31-23(30)32-28-15-11-18(12-16-28)22(29)26(6)19-7-9-20(10-8-19)27-14-13-21(17-27)25(4)5/h7-10,18,21H,11-17H2,1-6H3. The zero-order valence-electron chi connectivity index (χ0n) is 20.3. The minimum Gasteiger partial charge on any atom is -0.427 e. The van der Waals surface area contributed by atoms with Gasteiger partial charge in [-0.3, -0.25) is 4.79 Å². The van der Waals surface area contributed by atoms with E-state index < -0.39 is 11.8 Å². The molecule has 2 aliphatic heterocycles. The van der Waals surface area contributed by atoms with Crippen LogP contribution < -0.4 is 9.80 Å². The molecule has 8 nitrogen and oxygen atoms in total. The van der Waals surface area contributed by atoms with Gasteiger partial charge < -0.3 is 24.3 Å². The lowest BCUT2D eigenvalue weighted by Gasteiger charge is -2.32. The van der Waals surface area contributed by atoms with Crippen molar-refractivity contribution in [1.29, 1.82) is 0 Å². The van der Waals surface area contributed by atoms with E-state index >= 15 is 0 Å². The first-order chi connectivity index (χ1) is 15.0. The fourth-order valence-electron chi connectivity index (χ4n) is 4.25. The topological polar surface area (TPSA) is 65.6 Å². The Hall–Kier alpha value is -2.32. The Morgan fingerprint density at radius 3 is 2.12 bits per heavy atom. The van der Waals surface area contributed by atoms with Gasteiger partial charge >= 0.3 is 6.16 Å². The second kappa shape index (κ2) is 10.1. The first kappa shape index (κ1) is 24.3. The number of rotatable bonds is 5. The molecule has 178 valence electrons. The number of amides is 1. The Morgan fingerprint density at radius 1 is 0.969 bits per heavy atom. The molecule has 0 aromatic heterocycles. The number of piperidine rings is 1. The van der Waals surface area contributed by atoms with Gasteiger partial charge in [0.1, 0.15) is 5.60 Å². The Labute approximate surface area is 192 Å². The number of nitrogens with zero attached hydrogens (tertiary/aromatic N) is 4. The summed E-state index contributed by atoms with van der Waals surface area (Å²) in [7, 11) is 6.09. The van der Waals surface area contributed by atoms with Gasteiger partial charge in [-0.15, -0.1) is 5.06 Å². The lowest BCUT2D eigenvalue weighted by Crippen LogP contribution is -2.42. The van der Waals surface area contributed by atoms with Gasteiger partial charge in [0.15, 0.2) is 0 Å². The average Bonchev–Trinajstić information content (AvgIpc) is 3.23. The van der Waals surface area contributed by atoms with Gasteiger partial charge in [-0.05, 0) is 78.4 Å². The molecular formula is C24H38N4O4. The molecule has 2 aliphatic rings. The first-order valence-corrected chi connectivity index (χ1v) is 11.5. The summed E-state index contributed by atoms with van der Waals surface area (Å²) in [4.78, 5) is 36.6. The van der Waals surface area contributed by atoms with Crippen molar-refractivity contribution in [2.75, 3.05) is 57.1 Å². The Morgan fingerprint density at radius 2 is 1.59 bits per heavy atom. The third kappa shape index (κ3) is 6.36. The third-order valence-electron chi connectivity index (χ3n) is 6.22. The van der Waals surface area contributed by atoms with Crippen LogP contribution in [0.2, 0.25) is 0 Å². The van der Waals surface area contributed by atoms with E-state index in [2.05, 4.69) is 36.0 Å². The lowest BCUT2D eigenvalue weighted by atomic mass is 9.96. The van der Waals surface area contributed by atoms with E-state index in [0.717, 1.165) is 18.8 Å². The van der Waals surface area contributed by atoms with Crippen LogP contribution in [0.25, 0.3) is 0 Å². The van der Waals surface area contributed by atoms with Crippen LogP contribution in [0.4, 0.5) is 16.2 Å². The molecular weight excluding hydrogens is 408 g/mol. The Bertz CT molecular complexity index is 782. The maximum atomic E-state index is 13.0. The van der Waals surface area contributed by atoms with Crippen LogP contribution in [0, 0.1) is 5.92 Å². The van der Waals surface area contributed by atoms with Crippen molar-refractivity contribution in [3.63, 3.8) is 0 Å². The molecule has 1 aromatic carbocycles. The molecule has 0 N–H and O–H groups in total. The SMILES string of the molecule is CN(C(=O)C1CCN(OC(=O)OC(C)(C)C)CC1)c1ccc(N2CCC(N(C)C)C2)cc1. The zero-order chi connectivity index (χ0) is 23.5. The van der Waals surface area contributed by atoms with Crippen LogP contribution in [0.3, 0.4) is 0 Å². The molecule has 2 heterocycles. The quantitative estimate of drug-likeness (QED) is 0.643. The molecule has 1 unspecified atom stereocenters. The van der Waals surface area contributed by atoms with E-state index in [1.165, 1.54) is 12.1 Å². The predicted octanol–water partition coefficient (Wildman–Crippen LogP) is 3.37. The number of benzene rings is 1. The molecule has 0 aliphatic carbocycles. The summed E-state index contributed by atoms with van der Waals surface area (Å²) in [5.74, 6) is 0.0149.